The van der Waals surface area contributed by atoms with Gasteiger partial charge in [-0.05, 0) is 44.1 Å². The van der Waals surface area contributed by atoms with Crippen LogP contribution >= 0.6 is 15.9 Å². The lowest BCUT2D eigenvalue weighted by atomic mass is 10.2. The number of halogens is 1. The number of hydrogen-bond acceptors (Lipinski definition) is 2. The summed E-state index contributed by atoms with van der Waals surface area (Å²) in [5.74, 6) is 0. The van der Waals surface area contributed by atoms with Crippen molar-refractivity contribution >= 4 is 15.9 Å². The van der Waals surface area contributed by atoms with Crippen LogP contribution in [0.1, 0.15) is 18.4 Å². The lowest BCUT2D eigenvalue weighted by Gasteiger charge is -2.21. The van der Waals surface area contributed by atoms with E-state index in [9.17, 15) is 0 Å². The van der Waals surface area contributed by atoms with Crippen molar-refractivity contribution in [1.29, 1.82) is 0 Å². The van der Waals surface area contributed by atoms with E-state index in [1.165, 1.54) is 24.9 Å². The van der Waals surface area contributed by atoms with E-state index in [-0.39, 0.29) is 0 Å². The predicted molar refractivity (Wildman–Crippen MR) is 71.5 cm³/mol. The molecule has 1 fully saturated rings. The second-order valence-electron chi connectivity index (χ2n) is 4.62. The Morgan fingerprint density at radius 3 is 3.06 bits per heavy atom. The molecule has 0 aromatic heterocycles. The van der Waals surface area contributed by atoms with E-state index in [0.29, 0.717) is 6.04 Å². The average Bonchev–Trinajstić information content (AvgIpc) is 2.70. The minimum absolute atomic E-state index is 0.692. The summed E-state index contributed by atoms with van der Waals surface area (Å²) in [7, 11) is 2.20. The SMILES string of the molecule is CN(Cc1cccc(Br)c1)C[C@H]1CCCN1. The van der Waals surface area contributed by atoms with E-state index >= 15 is 0 Å². The van der Waals surface area contributed by atoms with Gasteiger partial charge in [0, 0.05) is 23.6 Å². The molecule has 2 nitrogen and oxygen atoms in total. The molecule has 1 saturated heterocycles. The Balaban J connectivity index is 1.84. The summed E-state index contributed by atoms with van der Waals surface area (Å²) < 4.78 is 1.16. The van der Waals surface area contributed by atoms with Crippen molar-refractivity contribution in [1.82, 2.24) is 10.2 Å². The Bertz CT molecular complexity index is 334. The minimum atomic E-state index is 0.692. The molecule has 1 N–H and O–H groups in total. The molecular formula is C13H19BrN2. The first-order valence-electron chi connectivity index (χ1n) is 5.90. The van der Waals surface area contributed by atoms with Gasteiger partial charge in [-0.15, -0.1) is 0 Å². The maximum Gasteiger partial charge on any atom is 0.0231 e. The van der Waals surface area contributed by atoms with Crippen LogP contribution in [0, 0.1) is 0 Å². The van der Waals surface area contributed by atoms with Gasteiger partial charge >= 0.3 is 0 Å². The zero-order valence-electron chi connectivity index (χ0n) is 9.75. The lowest BCUT2D eigenvalue weighted by molar-refractivity contribution is 0.293. The standard InChI is InChI=1S/C13H19BrN2/c1-16(10-13-6-3-7-15-13)9-11-4-2-5-12(14)8-11/h2,4-5,8,13,15H,3,6-7,9-10H2,1H3/t13-/m1/s1. The molecule has 0 amide bonds. The lowest BCUT2D eigenvalue weighted by Crippen LogP contribution is -2.34. The summed E-state index contributed by atoms with van der Waals surface area (Å²) in [5.41, 5.74) is 1.37. The van der Waals surface area contributed by atoms with E-state index < -0.39 is 0 Å². The number of hydrogen-bond donors (Lipinski definition) is 1. The van der Waals surface area contributed by atoms with Gasteiger partial charge in [0.15, 0.2) is 0 Å². The molecule has 0 radical (unpaired) electrons. The molecular weight excluding hydrogens is 264 g/mol. The molecule has 1 aromatic carbocycles. The van der Waals surface area contributed by atoms with E-state index in [1.807, 2.05) is 0 Å². The maximum atomic E-state index is 3.53. The topological polar surface area (TPSA) is 15.3 Å². The maximum absolute atomic E-state index is 3.53. The molecule has 1 aliphatic rings. The second kappa shape index (κ2) is 5.80. The third kappa shape index (κ3) is 3.58. The zero-order valence-corrected chi connectivity index (χ0v) is 11.3. The smallest absolute Gasteiger partial charge is 0.0231 e. The molecule has 1 aliphatic heterocycles. The largest absolute Gasteiger partial charge is 0.313 e. The van der Waals surface area contributed by atoms with Crippen LogP contribution in [0.15, 0.2) is 28.7 Å². The summed E-state index contributed by atoms with van der Waals surface area (Å²) in [5, 5.41) is 3.53. The normalized spacial score (nSPS) is 20.6. The minimum Gasteiger partial charge on any atom is -0.313 e. The Hall–Kier alpha value is -0.380. The third-order valence-electron chi connectivity index (χ3n) is 3.04. The fourth-order valence-electron chi connectivity index (χ4n) is 2.30. The monoisotopic (exact) mass is 282 g/mol. The first-order chi connectivity index (χ1) is 7.74. The first kappa shape index (κ1) is 12.1. The third-order valence-corrected chi connectivity index (χ3v) is 3.53. The summed E-state index contributed by atoms with van der Waals surface area (Å²) in [6.45, 7) is 3.36. The van der Waals surface area contributed by atoms with Gasteiger partial charge in [0.05, 0.1) is 0 Å². The van der Waals surface area contributed by atoms with Gasteiger partial charge in [-0.1, -0.05) is 28.1 Å². The van der Waals surface area contributed by atoms with Gasteiger partial charge in [0.1, 0.15) is 0 Å². The number of rotatable bonds is 4. The van der Waals surface area contributed by atoms with Crippen LogP contribution in [-0.4, -0.2) is 31.1 Å². The number of likely N-dealkylation sites (N-methyl/N-ethyl adjacent to an activating group) is 1. The Morgan fingerprint density at radius 2 is 2.38 bits per heavy atom. The molecule has 0 spiro atoms. The molecule has 0 unspecified atom stereocenters. The van der Waals surface area contributed by atoms with E-state index in [2.05, 4.69) is 57.5 Å². The molecule has 2 rings (SSSR count). The van der Waals surface area contributed by atoms with Gasteiger partial charge in [-0.25, -0.2) is 0 Å². The van der Waals surface area contributed by atoms with Crippen LogP contribution in [0.2, 0.25) is 0 Å². The fraction of sp³-hybridized carbons (Fsp3) is 0.538. The molecule has 1 atom stereocenters. The van der Waals surface area contributed by atoms with Crippen LogP contribution in [0.5, 0.6) is 0 Å². The van der Waals surface area contributed by atoms with E-state index in [0.717, 1.165) is 17.6 Å². The predicted octanol–water partition coefficient (Wildman–Crippen LogP) is 2.63. The summed E-state index contributed by atoms with van der Waals surface area (Å²) in [6.07, 6.45) is 2.65. The van der Waals surface area contributed by atoms with Crippen molar-refractivity contribution in [2.45, 2.75) is 25.4 Å². The highest BCUT2D eigenvalue weighted by Crippen LogP contribution is 2.14. The molecule has 0 aliphatic carbocycles. The molecule has 1 heterocycles. The molecule has 88 valence electrons. The summed E-state index contributed by atoms with van der Waals surface area (Å²) in [4.78, 5) is 2.39. The first-order valence-corrected chi connectivity index (χ1v) is 6.70. The Labute approximate surface area is 106 Å². The second-order valence-corrected chi connectivity index (χ2v) is 5.54. The number of nitrogens with one attached hydrogen (secondary N) is 1. The highest BCUT2D eigenvalue weighted by atomic mass is 79.9. The van der Waals surface area contributed by atoms with Crippen molar-refractivity contribution < 1.29 is 0 Å². The molecule has 16 heavy (non-hydrogen) atoms. The molecule has 3 heteroatoms. The Morgan fingerprint density at radius 1 is 1.50 bits per heavy atom. The van der Waals surface area contributed by atoms with Crippen LogP contribution in [-0.2, 0) is 6.54 Å². The van der Waals surface area contributed by atoms with Crippen molar-refractivity contribution in [2.75, 3.05) is 20.1 Å². The van der Waals surface area contributed by atoms with Crippen LogP contribution in [0.3, 0.4) is 0 Å². The average molecular weight is 283 g/mol. The van der Waals surface area contributed by atoms with Crippen LogP contribution < -0.4 is 5.32 Å². The van der Waals surface area contributed by atoms with Gasteiger partial charge in [-0.3, -0.25) is 0 Å². The van der Waals surface area contributed by atoms with Crippen LogP contribution in [0.4, 0.5) is 0 Å². The Kier molecular flexibility index (Phi) is 4.38. The van der Waals surface area contributed by atoms with E-state index in [4.69, 9.17) is 0 Å². The van der Waals surface area contributed by atoms with Gasteiger partial charge in [-0.2, -0.15) is 0 Å². The van der Waals surface area contributed by atoms with Crippen molar-refractivity contribution in [3.8, 4) is 0 Å². The number of benzene rings is 1. The fourth-order valence-corrected chi connectivity index (χ4v) is 2.75. The van der Waals surface area contributed by atoms with Gasteiger partial charge < -0.3 is 10.2 Å². The van der Waals surface area contributed by atoms with Gasteiger partial charge in [0.2, 0.25) is 0 Å². The molecule has 0 saturated carbocycles. The quantitative estimate of drug-likeness (QED) is 0.914. The number of nitrogens with zero attached hydrogens (tertiary/aromatic N) is 1. The summed E-state index contributed by atoms with van der Waals surface area (Å²) >= 11 is 3.51. The molecule has 1 aromatic rings. The van der Waals surface area contributed by atoms with Crippen molar-refractivity contribution in [3.05, 3.63) is 34.3 Å². The highest BCUT2D eigenvalue weighted by Gasteiger charge is 2.15. The summed E-state index contributed by atoms with van der Waals surface area (Å²) in [6, 6.07) is 9.24. The van der Waals surface area contributed by atoms with E-state index in [1.54, 1.807) is 0 Å². The van der Waals surface area contributed by atoms with Crippen molar-refractivity contribution in [3.63, 3.8) is 0 Å². The zero-order chi connectivity index (χ0) is 11.4. The van der Waals surface area contributed by atoms with Crippen molar-refractivity contribution in [2.24, 2.45) is 0 Å². The highest BCUT2D eigenvalue weighted by molar-refractivity contribution is 9.10. The van der Waals surface area contributed by atoms with Gasteiger partial charge in [0.25, 0.3) is 0 Å². The van der Waals surface area contributed by atoms with Crippen LogP contribution in [0.25, 0.3) is 0 Å². The molecule has 0 bridgehead atoms.